The molecular formula is C11H16BrN3O. The van der Waals surface area contributed by atoms with Gasteiger partial charge in [-0.3, -0.25) is 9.48 Å². The summed E-state index contributed by atoms with van der Waals surface area (Å²) in [6.45, 7) is 0. The van der Waals surface area contributed by atoms with Crippen LogP contribution in [0.4, 0.5) is 0 Å². The van der Waals surface area contributed by atoms with Crippen molar-refractivity contribution in [3.05, 3.63) is 16.4 Å². The normalized spacial score (nSPS) is 25.7. The van der Waals surface area contributed by atoms with Crippen LogP contribution in [0.5, 0.6) is 0 Å². The molecule has 0 radical (unpaired) electrons. The zero-order chi connectivity index (χ0) is 11.7. The molecule has 2 atom stereocenters. The van der Waals surface area contributed by atoms with Crippen molar-refractivity contribution in [2.24, 2.45) is 18.7 Å². The number of carbonyl (C=O) groups excluding carboxylic acids is 1. The van der Waals surface area contributed by atoms with Gasteiger partial charge in [0.25, 0.3) is 0 Å². The zero-order valence-corrected chi connectivity index (χ0v) is 10.9. The van der Waals surface area contributed by atoms with Crippen LogP contribution in [0.3, 0.4) is 0 Å². The number of rotatable bonds is 2. The summed E-state index contributed by atoms with van der Waals surface area (Å²) >= 11 is 3.36. The lowest BCUT2D eigenvalue weighted by molar-refractivity contribution is 0.0871. The summed E-state index contributed by atoms with van der Waals surface area (Å²) < 4.78 is 2.41. The molecule has 1 aliphatic carbocycles. The molecule has 0 bridgehead atoms. The standard InChI is InChI=1S/C11H16BrN3O/c1-15-10(9(12)6-14-15)11(16)7-3-2-4-8(13)5-7/h6-8H,2-5,13H2,1H3. The van der Waals surface area contributed by atoms with Crippen LogP contribution >= 0.6 is 15.9 Å². The zero-order valence-electron chi connectivity index (χ0n) is 9.32. The number of Topliss-reactive ketones (excluding diaryl/α,β-unsaturated/α-hetero) is 1. The Morgan fingerprint density at radius 3 is 2.94 bits per heavy atom. The van der Waals surface area contributed by atoms with Gasteiger partial charge in [0.1, 0.15) is 5.69 Å². The highest BCUT2D eigenvalue weighted by Crippen LogP contribution is 2.28. The van der Waals surface area contributed by atoms with Gasteiger partial charge in [-0.1, -0.05) is 6.42 Å². The SMILES string of the molecule is Cn1ncc(Br)c1C(=O)C1CCCC(N)C1. The van der Waals surface area contributed by atoms with Crippen LogP contribution in [0, 0.1) is 5.92 Å². The largest absolute Gasteiger partial charge is 0.328 e. The van der Waals surface area contributed by atoms with Gasteiger partial charge in [0.05, 0.1) is 10.7 Å². The Kier molecular flexibility index (Phi) is 3.44. The number of aromatic nitrogens is 2. The molecule has 0 amide bonds. The summed E-state index contributed by atoms with van der Waals surface area (Å²) in [5.74, 6) is 0.234. The smallest absolute Gasteiger partial charge is 0.185 e. The Morgan fingerprint density at radius 2 is 2.38 bits per heavy atom. The summed E-state index contributed by atoms with van der Waals surface area (Å²) in [4.78, 5) is 12.3. The van der Waals surface area contributed by atoms with E-state index < -0.39 is 0 Å². The van der Waals surface area contributed by atoms with E-state index in [-0.39, 0.29) is 17.7 Å². The van der Waals surface area contributed by atoms with Crippen LogP contribution < -0.4 is 5.73 Å². The second kappa shape index (κ2) is 4.67. The van der Waals surface area contributed by atoms with Gasteiger partial charge in [-0.05, 0) is 35.2 Å². The molecule has 0 spiro atoms. The molecule has 1 aromatic heterocycles. The average Bonchev–Trinajstić information content (AvgIpc) is 2.58. The molecule has 2 N–H and O–H groups in total. The first-order valence-electron chi connectivity index (χ1n) is 5.57. The van der Waals surface area contributed by atoms with Gasteiger partial charge >= 0.3 is 0 Å². The second-order valence-electron chi connectivity index (χ2n) is 4.45. The molecule has 1 fully saturated rings. The average molecular weight is 286 g/mol. The van der Waals surface area contributed by atoms with Crippen molar-refractivity contribution < 1.29 is 4.79 Å². The third-order valence-electron chi connectivity index (χ3n) is 3.21. The van der Waals surface area contributed by atoms with Crippen molar-refractivity contribution in [3.63, 3.8) is 0 Å². The molecule has 4 nitrogen and oxygen atoms in total. The number of carbonyl (C=O) groups is 1. The minimum absolute atomic E-state index is 0.0652. The number of hydrogen-bond acceptors (Lipinski definition) is 3. The maximum Gasteiger partial charge on any atom is 0.185 e. The summed E-state index contributed by atoms with van der Waals surface area (Å²) in [6, 6.07) is 0.176. The molecule has 1 saturated carbocycles. The highest BCUT2D eigenvalue weighted by molar-refractivity contribution is 9.10. The number of nitrogens with zero attached hydrogens (tertiary/aromatic N) is 2. The summed E-state index contributed by atoms with van der Waals surface area (Å²) in [5, 5.41) is 4.07. The molecule has 16 heavy (non-hydrogen) atoms. The van der Waals surface area contributed by atoms with E-state index in [0.29, 0.717) is 5.69 Å². The van der Waals surface area contributed by atoms with Crippen LogP contribution in [-0.4, -0.2) is 21.6 Å². The van der Waals surface area contributed by atoms with Crippen LogP contribution in [0.15, 0.2) is 10.7 Å². The van der Waals surface area contributed by atoms with Crippen LogP contribution in [-0.2, 0) is 7.05 Å². The highest BCUT2D eigenvalue weighted by atomic mass is 79.9. The Balaban J connectivity index is 2.18. The Hall–Kier alpha value is -0.680. The fourth-order valence-electron chi connectivity index (χ4n) is 2.35. The van der Waals surface area contributed by atoms with Crippen LogP contribution in [0.25, 0.3) is 0 Å². The third-order valence-corrected chi connectivity index (χ3v) is 3.79. The molecule has 0 aliphatic heterocycles. The maximum atomic E-state index is 12.3. The van der Waals surface area contributed by atoms with E-state index in [4.69, 9.17) is 5.73 Å². The van der Waals surface area contributed by atoms with Gasteiger partial charge in [-0.15, -0.1) is 0 Å². The highest BCUT2D eigenvalue weighted by Gasteiger charge is 2.29. The molecule has 5 heteroatoms. The monoisotopic (exact) mass is 285 g/mol. The van der Waals surface area contributed by atoms with Crippen molar-refractivity contribution in [1.29, 1.82) is 0 Å². The van der Waals surface area contributed by atoms with Gasteiger partial charge < -0.3 is 5.73 Å². The molecule has 1 aromatic rings. The van der Waals surface area contributed by atoms with Gasteiger partial charge in [0.2, 0.25) is 0 Å². The van der Waals surface area contributed by atoms with Crippen molar-refractivity contribution in [2.45, 2.75) is 31.7 Å². The quantitative estimate of drug-likeness (QED) is 0.844. The first-order chi connectivity index (χ1) is 7.59. The number of hydrogen-bond donors (Lipinski definition) is 1. The number of nitrogens with two attached hydrogens (primary N) is 1. The van der Waals surface area contributed by atoms with Gasteiger partial charge in [0.15, 0.2) is 5.78 Å². The molecule has 2 unspecified atom stereocenters. The first-order valence-corrected chi connectivity index (χ1v) is 6.36. The van der Waals surface area contributed by atoms with Gasteiger partial charge in [0, 0.05) is 19.0 Å². The molecule has 1 heterocycles. The van der Waals surface area contributed by atoms with Crippen molar-refractivity contribution in [1.82, 2.24) is 9.78 Å². The Morgan fingerprint density at radius 1 is 1.62 bits per heavy atom. The maximum absolute atomic E-state index is 12.3. The van der Waals surface area contributed by atoms with Crippen molar-refractivity contribution in [2.75, 3.05) is 0 Å². The predicted octanol–water partition coefficient (Wildman–Crippen LogP) is 1.88. The van der Waals surface area contributed by atoms with E-state index in [2.05, 4.69) is 21.0 Å². The van der Waals surface area contributed by atoms with E-state index in [0.717, 1.165) is 30.2 Å². The van der Waals surface area contributed by atoms with Crippen LogP contribution in [0.2, 0.25) is 0 Å². The number of ketones is 1. The summed E-state index contributed by atoms with van der Waals surface area (Å²) in [6.07, 6.45) is 5.50. The van der Waals surface area contributed by atoms with E-state index in [1.165, 1.54) is 0 Å². The Labute approximate surface area is 103 Å². The molecule has 2 rings (SSSR count). The molecule has 0 aromatic carbocycles. The van der Waals surface area contributed by atoms with E-state index in [1.54, 1.807) is 17.9 Å². The van der Waals surface area contributed by atoms with Crippen LogP contribution in [0.1, 0.15) is 36.2 Å². The van der Waals surface area contributed by atoms with E-state index in [9.17, 15) is 4.79 Å². The van der Waals surface area contributed by atoms with Gasteiger partial charge in [-0.2, -0.15) is 5.10 Å². The lowest BCUT2D eigenvalue weighted by Crippen LogP contribution is -2.32. The molecule has 88 valence electrons. The third kappa shape index (κ3) is 2.20. The molecule has 0 saturated heterocycles. The molecular weight excluding hydrogens is 270 g/mol. The fraction of sp³-hybridized carbons (Fsp3) is 0.636. The minimum Gasteiger partial charge on any atom is -0.328 e. The Bertz CT molecular complexity index is 382. The van der Waals surface area contributed by atoms with Gasteiger partial charge in [-0.25, -0.2) is 0 Å². The molecule has 1 aliphatic rings. The van der Waals surface area contributed by atoms with E-state index in [1.807, 2.05) is 0 Å². The number of halogens is 1. The summed E-state index contributed by atoms with van der Waals surface area (Å²) in [7, 11) is 1.79. The lowest BCUT2D eigenvalue weighted by Gasteiger charge is -2.25. The minimum atomic E-state index is 0.0652. The first kappa shape index (κ1) is 11.8. The van der Waals surface area contributed by atoms with Crippen molar-refractivity contribution in [3.8, 4) is 0 Å². The topological polar surface area (TPSA) is 60.9 Å². The van der Waals surface area contributed by atoms with E-state index >= 15 is 0 Å². The van der Waals surface area contributed by atoms with Crippen molar-refractivity contribution >= 4 is 21.7 Å². The summed E-state index contributed by atoms with van der Waals surface area (Å²) in [5.41, 5.74) is 6.57. The lowest BCUT2D eigenvalue weighted by atomic mass is 9.82. The predicted molar refractivity (Wildman–Crippen MR) is 65.2 cm³/mol. The second-order valence-corrected chi connectivity index (χ2v) is 5.31. The fourth-order valence-corrected chi connectivity index (χ4v) is 2.89. The number of aryl methyl sites for hydroxylation is 1.